The van der Waals surface area contributed by atoms with Gasteiger partial charge in [0.1, 0.15) is 11.3 Å². The van der Waals surface area contributed by atoms with Crippen LogP contribution in [0, 0.1) is 0 Å². The van der Waals surface area contributed by atoms with Crippen LogP contribution in [0.15, 0.2) is 47.6 Å². The van der Waals surface area contributed by atoms with E-state index in [9.17, 15) is 0 Å². The van der Waals surface area contributed by atoms with E-state index in [2.05, 4.69) is 49.9 Å². The highest BCUT2D eigenvalue weighted by Gasteiger charge is 2.14. The minimum Gasteiger partial charge on any atom is -0.341 e. The summed E-state index contributed by atoms with van der Waals surface area (Å²) in [5, 5.41) is 10.6. The zero-order valence-corrected chi connectivity index (χ0v) is 15.9. The highest BCUT2D eigenvalue weighted by atomic mass is 32.2. The minimum absolute atomic E-state index is 0.657. The lowest BCUT2D eigenvalue weighted by molar-refractivity contribution is 0.854. The van der Waals surface area contributed by atoms with Crippen molar-refractivity contribution in [3.05, 3.63) is 53.9 Å². The van der Waals surface area contributed by atoms with Gasteiger partial charge in [0.15, 0.2) is 5.65 Å². The van der Waals surface area contributed by atoms with Gasteiger partial charge in [-0.15, -0.1) is 10.2 Å². The molecule has 0 spiro atoms. The molecule has 5 aromatic rings. The van der Waals surface area contributed by atoms with Crippen LogP contribution in [0.1, 0.15) is 18.3 Å². The predicted octanol–water partition coefficient (Wildman–Crippen LogP) is 4.25. The predicted molar refractivity (Wildman–Crippen MR) is 109 cm³/mol. The number of benzene rings is 2. The molecule has 0 aliphatic heterocycles. The summed E-state index contributed by atoms with van der Waals surface area (Å²) in [6.45, 7) is 2.16. The maximum absolute atomic E-state index is 4.75. The first-order valence-corrected chi connectivity index (χ1v) is 9.89. The minimum atomic E-state index is 0.657. The van der Waals surface area contributed by atoms with Crippen LogP contribution in [0.25, 0.3) is 33.1 Å². The molecule has 3 aromatic heterocycles. The number of hydrogen-bond donors (Lipinski definition) is 1. The van der Waals surface area contributed by atoms with Gasteiger partial charge in [0, 0.05) is 12.4 Å². The zero-order chi connectivity index (χ0) is 18.4. The van der Waals surface area contributed by atoms with Crippen LogP contribution in [0.2, 0.25) is 0 Å². The molecular formula is C20H18N6S. The summed E-state index contributed by atoms with van der Waals surface area (Å²) in [5.74, 6) is 1.58. The molecule has 0 aliphatic carbocycles. The van der Waals surface area contributed by atoms with E-state index in [0.717, 1.165) is 45.3 Å². The van der Waals surface area contributed by atoms with Gasteiger partial charge in [0.25, 0.3) is 0 Å². The van der Waals surface area contributed by atoms with E-state index < -0.39 is 0 Å². The lowest BCUT2D eigenvalue weighted by Crippen LogP contribution is -1.96. The summed E-state index contributed by atoms with van der Waals surface area (Å²) < 4.78 is 2.09. The Balaban J connectivity index is 1.48. The van der Waals surface area contributed by atoms with Crippen LogP contribution in [-0.2, 0) is 19.2 Å². The van der Waals surface area contributed by atoms with E-state index in [0.29, 0.717) is 10.9 Å². The normalized spacial score (nSPS) is 11.8. The average molecular weight is 374 g/mol. The molecule has 6 nitrogen and oxygen atoms in total. The van der Waals surface area contributed by atoms with E-state index in [1.54, 1.807) is 0 Å². The largest absolute Gasteiger partial charge is 0.341 e. The van der Waals surface area contributed by atoms with Gasteiger partial charge in [-0.3, -0.25) is 0 Å². The molecule has 3 heterocycles. The molecule has 134 valence electrons. The van der Waals surface area contributed by atoms with Crippen LogP contribution >= 0.6 is 11.8 Å². The van der Waals surface area contributed by atoms with Crippen molar-refractivity contribution < 1.29 is 0 Å². The molecule has 1 N–H and O–H groups in total. The number of imidazole rings is 1. The Morgan fingerprint density at radius 3 is 2.81 bits per heavy atom. The molecule has 27 heavy (non-hydrogen) atoms. The molecule has 0 saturated carbocycles. The zero-order valence-electron chi connectivity index (χ0n) is 15.1. The fourth-order valence-electron chi connectivity index (χ4n) is 3.38. The maximum atomic E-state index is 4.75. The van der Waals surface area contributed by atoms with Gasteiger partial charge in [-0.05, 0) is 36.2 Å². The SMILES string of the molecule is CCc1ccc2c(c1)c1nnc(SCc3nc4ccccc4[nH]3)nc1n2C. The van der Waals surface area contributed by atoms with E-state index in [1.807, 2.05) is 31.3 Å². The van der Waals surface area contributed by atoms with E-state index in [1.165, 1.54) is 17.3 Å². The quantitative estimate of drug-likeness (QED) is 0.476. The summed E-state index contributed by atoms with van der Waals surface area (Å²) in [6, 6.07) is 14.5. The molecular weight excluding hydrogens is 356 g/mol. The maximum Gasteiger partial charge on any atom is 0.211 e. The Bertz CT molecular complexity index is 1250. The number of nitrogens with zero attached hydrogens (tertiary/aromatic N) is 5. The number of thioether (sulfide) groups is 1. The molecule has 0 saturated heterocycles. The van der Waals surface area contributed by atoms with Crippen LogP contribution in [-0.4, -0.2) is 29.7 Å². The van der Waals surface area contributed by atoms with Crippen molar-refractivity contribution in [3.8, 4) is 0 Å². The molecule has 0 aliphatic rings. The summed E-state index contributed by atoms with van der Waals surface area (Å²) in [7, 11) is 2.03. The van der Waals surface area contributed by atoms with Gasteiger partial charge in [-0.25, -0.2) is 9.97 Å². The lowest BCUT2D eigenvalue weighted by atomic mass is 10.1. The van der Waals surface area contributed by atoms with Crippen molar-refractivity contribution in [2.24, 2.45) is 7.05 Å². The van der Waals surface area contributed by atoms with Crippen molar-refractivity contribution in [1.29, 1.82) is 0 Å². The van der Waals surface area contributed by atoms with Crippen LogP contribution in [0.5, 0.6) is 0 Å². The Hall–Kier alpha value is -2.93. The van der Waals surface area contributed by atoms with Crippen LogP contribution in [0.3, 0.4) is 0 Å². The van der Waals surface area contributed by atoms with Gasteiger partial charge >= 0.3 is 0 Å². The molecule has 0 radical (unpaired) electrons. The van der Waals surface area contributed by atoms with E-state index >= 15 is 0 Å². The molecule has 0 amide bonds. The Morgan fingerprint density at radius 2 is 1.96 bits per heavy atom. The fourth-order valence-corrected chi connectivity index (χ4v) is 4.03. The summed E-state index contributed by atoms with van der Waals surface area (Å²) >= 11 is 1.54. The Kier molecular flexibility index (Phi) is 3.82. The Morgan fingerprint density at radius 1 is 1.07 bits per heavy atom. The first-order valence-electron chi connectivity index (χ1n) is 8.91. The number of aryl methyl sites for hydroxylation is 2. The highest BCUT2D eigenvalue weighted by molar-refractivity contribution is 7.98. The monoisotopic (exact) mass is 374 g/mol. The number of H-pyrrole nitrogens is 1. The topological polar surface area (TPSA) is 72.3 Å². The molecule has 0 unspecified atom stereocenters. The van der Waals surface area contributed by atoms with Crippen molar-refractivity contribution in [3.63, 3.8) is 0 Å². The average Bonchev–Trinajstić information content (AvgIpc) is 3.25. The molecule has 0 atom stereocenters. The molecule has 0 fully saturated rings. The first kappa shape index (κ1) is 16.3. The van der Waals surface area contributed by atoms with Crippen molar-refractivity contribution in [2.75, 3.05) is 0 Å². The number of rotatable bonds is 4. The first-order chi connectivity index (χ1) is 13.2. The number of hydrogen-bond acceptors (Lipinski definition) is 5. The molecule has 0 bridgehead atoms. The van der Waals surface area contributed by atoms with Gasteiger partial charge in [-0.2, -0.15) is 0 Å². The van der Waals surface area contributed by atoms with Gasteiger partial charge < -0.3 is 9.55 Å². The third-order valence-electron chi connectivity index (χ3n) is 4.83. The molecule has 2 aromatic carbocycles. The molecule has 5 rings (SSSR count). The van der Waals surface area contributed by atoms with Gasteiger partial charge in [0.05, 0.1) is 22.3 Å². The summed E-state index contributed by atoms with van der Waals surface area (Å²) in [4.78, 5) is 12.7. The summed E-state index contributed by atoms with van der Waals surface area (Å²) in [5.41, 5.74) is 6.16. The number of para-hydroxylation sites is 2. The van der Waals surface area contributed by atoms with E-state index in [4.69, 9.17) is 4.98 Å². The van der Waals surface area contributed by atoms with E-state index in [-0.39, 0.29) is 0 Å². The number of aromatic amines is 1. The van der Waals surface area contributed by atoms with Gasteiger partial charge in [-0.1, -0.05) is 36.9 Å². The number of nitrogens with one attached hydrogen (secondary N) is 1. The standard InChI is InChI=1S/C20H18N6S/c1-3-12-8-9-16-13(10-12)18-19(26(16)2)23-20(25-24-18)27-11-17-21-14-6-4-5-7-15(14)22-17/h4-10H,3,11H2,1-2H3,(H,21,22). The third kappa shape index (κ3) is 2.75. The third-order valence-corrected chi connectivity index (χ3v) is 5.68. The smallest absolute Gasteiger partial charge is 0.211 e. The highest BCUT2D eigenvalue weighted by Crippen LogP contribution is 2.28. The van der Waals surface area contributed by atoms with Crippen molar-refractivity contribution in [1.82, 2.24) is 29.7 Å². The van der Waals surface area contributed by atoms with Crippen molar-refractivity contribution in [2.45, 2.75) is 24.3 Å². The number of fused-ring (bicyclic) bond motifs is 4. The molecule has 7 heteroatoms. The number of aromatic nitrogens is 6. The van der Waals surface area contributed by atoms with Crippen LogP contribution in [0.4, 0.5) is 0 Å². The summed E-state index contributed by atoms with van der Waals surface area (Å²) in [6.07, 6.45) is 0.999. The van der Waals surface area contributed by atoms with Crippen molar-refractivity contribution >= 4 is 44.9 Å². The second kappa shape index (κ2) is 6.35. The Labute approximate surface area is 160 Å². The second-order valence-corrected chi connectivity index (χ2v) is 7.46. The lowest BCUT2D eigenvalue weighted by Gasteiger charge is -1.99. The fraction of sp³-hybridized carbons (Fsp3) is 0.200. The van der Waals surface area contributed by atoms with Gasteiger partial charge in [0.2, 0.25) is 5.16 Å². The second-order valence-electron chi connectivity index (χ2n) is 6.52. The van der Waals surface area contributed by atoms with Crippen LogP contribution < -0.4 is 0 Å².